The molecule has 0 bridgehead atoms. The van der Waals surface area contributed by atoms with Crippen molar-refractivity contribution in [3.63, 3.8) is 0 Å². The van der Waals surface area contributed by atoms with Crippen molar-refractivity contribution in [3.05, 3.63) is 0 Å². The molecule has 3 nitrogen and oxygen atoms in total. The highest BCUT2D eigenvalue weighted by molar-refractivity contribution is 8.00. The van der Waals surface area contributed by atoms with E-state index in [1.807, 2.05) is 11.8 Å². The average molecular weight is 160 g/mol. The van der Waals surface area contributed by atoms with Crippen LogP contribution in [0.5, 0.6) is 0 Å². The summed E-state index contributed by atoms with van der Waals surface area (Å²) in [6.45, 7) is 1.08. The van der Waals surface area contributed by atoms with Crippen LogP contribution in [-0.2, 0) is 4.84 Å². The Morgan fingerprint density at radius 2 is 2.60 bits per heavy atom. The van der Waals surface area contributed by atoms with E-state index in [-0.39, 0.29) is 0 Å². The topological polar surface area (TPSA) is 47.6 Å². The second kappa shape index (κ2) is 4.57. The van der Waals surface area contributed by atoms with Crippen molar-refractivity contribution in [2.45, 2.75) is 6.42 Å². The zero-order chi connectivity index (χ0) is 7.23. The molecular weight excluding hydrogens is 148 g/mol. The Hall–Kier alpha value is -0.220. The van der Waals surface area contributed by atoms with E-state index in [0.29, 0.717) is 13.2 Å². The lowest BCUT2D eigenvalue weighted by atomic mass is 10.3. The standard InChI is InChI=1S/C6H12N2OS/c7-2-3-9-8-6-1-4-10-5-6/h1-5,7H2. The van der Waals surface area contributed by atoms with Crippen molar-refractivity contribution < 1.29 is 4.84 Å². The number of nitrogens with two attached hydrogens (primary N) is 1. The van der Waals surface area contributed by atoms with Crippen molar-refractivity contribution in [2.75, 3.05) is 24.7 Å². The Bertz CT molecular complexity index is 119. The predicted octanol–water partition coefficient (Wildman–Crippen LogP) is 0.455. The average Bonchev–Trinajstić information content (AvgIpc) is 2.41. The molecule has 0 amide bonds. The van der Waals surface area contributed by atoms with E-state index in [4.69, 9.17) is 10.6 Å². The summed E-state index contributed by atoms with van der Waals surface area (Å²) in [5.41, 5.74) is 6.38. The third-order valence-electron chi connectivity index (χ3n) is 1.21. The molecule has 0 spiro atoms. The summed E-state index contributed by atoms with van der Waals surface area (Å²) >= 11 is 1.90. The van der Waals surface area contributed by atoms with Gasteiger partial charge in [-0.3, -0.25) is 0 Å². The van der Waals surface area contributed by atoms with Gasteiger partial charge in [-0.15, -0.1) is 0 Å². The minimum atomic E-state index is 0.536. The van der Waals surface area contributed by atoms with E-state index in [0.717, 1.165) is 12.2 Å². The van der Waals surface area contributed by atoms with Gasteiger partial charge in [-0.05, 0) is 12.2 Å². The molecular formula is C6H12N2OS. The summed E-state index contributed by atoms with van der Waals surface area (Å²) in [6, 6.07) is 0. The minimum Gasteiger partial charge on any atom is -0.394 e. The summed E-state index contributed by atoms with van der Waals surface area (Å²) in [5, 5.41) is 3.93. The van der Waals surface area contributed by atoms with Crippen LogP contribution in [0.1, 0.15) is 6.42 Å². The molecule has 1 heterocycles. The first-order valence-electron chi connectivity index (χ1n) is 3.39. The first kappa shape index (κ1) is 7.88. The maximum absolute atomic E-state index is 5.21. The zero-order valence-electron chi connectivity index (χ0n) is 5.88. The second-order valence-electron chi connectivity index (χ2n) is 2.08. The van der Waals surface area contributed by atoms with Crippen LogP contribution < -0.4 is 5.73 Å². The Balaban J connectivity index is 2.12. The largest absolute Gasteiger partial charge is 0.394 e. The zero-order valence-corrected chi connectivity index (χ0v) is 6.69. The molecule has 0 saturated carbocycles. The van der Waals surface area contributed by atoms with E-state index in [1.54, 1.807) is 0 Å². The van der Waals surface area contributed by atoms with E-state index in [1.165, 1.54) is 11.5 Å². The summed E-state index contributed by atoms with van der Waals surface area (Å²) < 4.78 is 0. The van der Waals surface area contributed by atoms with E-state index in [2.05, 4.69) is 5.16 Å². The summed E-state index contributed by atoms with van der Waals surface area (Å²) in [5.74, 6) is 2.22. The quantitative estimate of drug-likeness (QED) is 0.482. The highest BCUT2D eigenvalue weighted by Crippen LogP contribution is 2.14. The lowest BCUT2D eigenvalue weighted by Gasteiger charge is -1.95. The maximum Gasteiger partial charge on any atom is 0.129 e. The molecule has 1 aliphatic rings. The lowest BCUT2D eigenvalue weighted by Crippen LogP contribution is -2.07. The van der Waals surface area contributed by atoms with Gasteiger partial charge in [0.1, 0.15) is 6.61 Å². The minimum absolute atomic E-state index is 0.536. The molecule has 0 aromatic carbocycles. The molecule has 0 atom stereocenters. The Kier molecular flexibility index (Phi) is 3.60. The number of oxime groups is 1. The maximum atomic E-state index is 5.21. The molecule has 4 heteroatoms. The smallest absolute Gasteiger partial charge is 0.129 e. The SMILES string of the molecule is NCCON=C1CCSC1. The Morgan fingerprint density at radius 3 is 3.20 bits per heavy atom. The molecule has 0 unspecified atom stereocenters. The van der Waals surface area contributed by atoms with Gasteiger partial charge in [0.15, 0.2) is 0 Å². The number of rotatable bonds is 3. The molecule has 0 aromatic heterocycles. The van der Waals surface area contributed by atoms with Crippen LogP contribution in [0.25, 0.3) is 0 Å². The first-order valence-corrected chi connectivity index (χ1v) is 4.54. The molecule has 1 saturated heterocycles. The fraction of sp³-hybridized carbons (Fsp3) is 0.833. The van der Waals surface area contributed by atoms with Crippen LogP contribution in [0, 0.1) is 0 Å². The molecule has 0 aromatic rings. The molecule has 2 N–H and O–H groups in total. The normalized spacial score (nSPS) is 21.9. The molecule has 58 valence electrons. The molecule has 0 radical (unpaired) electrons. The number of hydrogen-bond donors (Lipinski definition) is 1. The van der Waals surface area contributed by atoms with Gasteiger partial charge >= 0.3 is 0 Å². The van der Waals surface area contributed by atoms with Gasteiger partial charge in [0.2, 0.25) is 0 Å². The van der Waals surface area contributed by atoms with Gasteiger partial charge in [-0.2, -0.15) is 11.8 Å². The van der Waals surface area contributed by atoms with Gasteiger partial charge in [-0.1, -0.05) is 5.16 Å². The van der Waals surface area contributed by atoms with Crippen molar-refractivity contribution in [2.24, 2.45) is 10.9 Å². The first-order chi connectivity index (χ1) is 4.93. The number of hydrogen-bond acceptors (Lipinski definition) is 4. The Morgan fingerprint density at radius 1 is 1.70 bits per heavy atom. The fourth-order valence-corrected chi connectivity index (χ4v) is 1.67. The van der Waals surface area contributed by atoms with Crippen LogP contribution >= 0.6 is 11.8 Å². The van der Waals surface area contributed by atoms with Crippen molar-refractivity contribution in [1.29, 1.82) is 0 Å². The second-order valence-corrected chi connectivity index (χ2v) is 3.19. The van der Waals surface area contributed by atoms with E-state index in [9.17, 15) is 0 Å². The van der Waals surface area contributed by atoms with Crippen molar-refractivity contribution in [1.82, 2.24) is 0 Å². The molecule has 10 heavy (non-hydrogen) atoms. The monoisotopic (exact) mass is 160 g/mol. The number of thioether (sulfide) groups is 1. The third kappa shape index (κ3) is 2.58. The van der Waals surface area contributed by atoms with Crippen LogP contribution in [0.15, 0.2) is 5.16 Å². The van der Waals surface area contributed by atoms with E-state index < -0.39 is 0 Å². The van der Waals surface area contributed by atoms with Gasteiger partial charge < -0.3 is 10.6 Å². The molecule has 0 aliphatic carbocycles. The fourth-order valence-electron chi connectivity index (χ4n) is 0.714. The third-order valence-corrected chi connectivity index (χ3v) is 2.24. The Labute approximate surface area is 65.0 Å². The molecule has 1 fully saturated rings. The summed E-state index contributed by atoms with van der Waals surface area (Å²) in [6.07, 6.45) is 1.08. The number of nitrogens with zero attached hydrogens (tertiary/aromatic N) is 1. The highest BCUT2D eigenvalue weighted by Gasteiger charge is 2.08. The summed E-state index contributed by atoms with van der Waals surface area (Å²) in [4.78, 5) is 4.92. The summed E-state index contributed by atoms with van der Waals surface area (Å²) in [7, 11) is 0. The van der Waals surface area contributed by atoms with Crippen LogP contribution in [0.3, 0.4) is 0 Å². The molecule has 1 rings (SSSR count). The van der Waals surface area contributed by atoms with Gasteiger partial charge in [-0.25, -0.2) is 0 Å². The van der Waals surface area contributed by atoms with Crippen LogP contribution in [0.2, 0.25) is 0 Å². The van der Waals surface area contributed by atoms with Crippen molar-refractivity contribution in [3.8, 4) is 0 Å². The van der Waals surface area contributed by atoms with Gasteiger partial charge in [0.25, 0.3) is 0 Å². The molecule has 1 aliphatic heterocycles. The van der Waals surface area contributed by atoms with Gasteiger partial charge in [0.05, 0.1) is 5.71 Å². The highest BCUT2D eigenvalue weighted by atomic mass is 32.2. The lowest BCUT2D eigenvalue weighted by molar-refractivity contribution is 0.152. The van der Waals surface area contributed by atoms with Crippen molar-refractivity contribution >= 4 is 17.5 Å². The predicted molar refractivity (Wildman–Crippen MR) is 44.4 cm³/mol. The van der Waals surface area contributed by atoms with Crippen LogP contribution in [-0.4, -0.2) is 30.4 Å². The van der Waals surface area contributed by atoms with E-state index >= 15 is 0 Å². The van der Waals surface area contributed by atoms with Crippen LogP contribution in [0.4, 0.5) is 0 Å². The van der Waals surface area contributed by atoms with Gasteiger partial charge in [0, 0.05) is 12.3 Å².